The molecule has 0 atom stereocenters. The van der Waals surface area contributed by atoms with Gasteiger partial charge in [-0.15, -0.1) is 0 Å². The predicted octanol–water partition coefficient (Wildman–Crippen LogP) is 2.21. The van der Waals surface area contributed by atoms with Crippen LogP contribution in [0.15, 0.2) is 6.07 Å². The van der Waals surface area contributed by atoms with Crippen molar-refractivity contribution in [1.82, 2.24) is 9.97 Å². The SMILES string of the molecule is COCCNc1cc(Cl)nc(C(F)(F)F)n1. The summed E-state index contributed by atoms with van der Waals surface area (Å²) >= 11 is 5.45. The minimum atomic E-state index is -4.61. The van der Waals surface area contributed by atoms with Crippen LogP contribution >= 0.6 is 11.6 Å². The Bertz CT molecular complexity index is 359. The lowest BCUT2D eigenvalue weighted by atomic mass is 10.5. The molecule has 1 heterocycles. The number of nitrogens with zero attached hydrogens (tertiary/aromatic N) is 2. The molecule has 0 spiro atoms. The van der Waals surface area contributed by atoms with Crippen LogP contribution < -0.4 is 5.32 Å². The number of alkyl halides is 3. The van der Waals surface area contributed by atoms with Gasteiger partial charge < -0.3 is 10.1 Å². The maximum atomic E-state index is 12.3. The van der Waals surface area contributed by atoms with E-state index in [9.17, 15) is 13.2 Å². The minimum absolute atomic E-state index is 0.0179. The molecule has 0 saturated carbocycles. The first-order valence-corrected chi connectivity index (χ1v) is 4.66. The van der Waals surface area contributed by atoms with Crippen LogP contribution in [0.1, 0.15) is 5.82 Å². The molecular formula is C8H9ClF3N3O. The van der Waals surface area contributed by atoms with Gasteiger partial charge in [0.2, 0.25) is 5.82 Å². The standard InChI is InChI=1S/C8H9ClF3N3O/c1-16-3-2-13-6-4-5(9)14-7(15-6)8(10,11)12/h4H,2-3H2,1H3,(H,13,14,15). The van der Waals surface area contributed by atoms with Crippen LogP contribution in [0.4, 0.5) is 19.0 Å². The maximum absolute atomic E-state index is 12.3. The molecule has 0 aromatic carbocycles. The summed E-state index contributed by atoms with van der Waals surface area (Å²) < 4.78 is 41.6. The van der Waals surface area contributed by atoms with Crippen LogP contribution in [0.5, 0.6) is 0 Å². The summed E-state index contributed by atoms with van der Waals surface area (Å²) in [6.07, 6.45) is -4.61. The first kappa shape index (κ1) is 13.0. The zero-order valence-electron chi connectivity index (χ0n) is 8.31. The minimum Gasteiger partial charge on any atom is -0.383 e. The van der Waals surface area contributed by atoms with Crippen molar-refractivity contribution in [1.29, 1.82) is 0 Å². The Morgan fingerprint density at radius 1 is 1.44 bits per heavy atom. The van der Waals surface area contributed by atoms with Gasteiger partial charge in [0.05, 0.1) is 6.61 Å². The highest BCUT2D eigenvalue weighted by atomic mass is 35.5. The lowest BCUT2D eigenvalue weighted by Crippen LogP contribution is -2.15. The third-order valence-corrected chi connectivity index (χ3v) is 1.75. The van der Waals surface area contributed by atoms with Crippen molar-refractivity contribution in [3.05, 3.63) is 17.0 Å². The van der Waals surface area contributed by atoms with E-state index in [0.717, 1.165) is 0 Å². The van der Waals surface area contributed by atoms with Crippen molar-refractivity contribution in [2.24, 2.45) is 0 Å². The van der Waals surface area contributed by atoms with E-state index in [1.165, 1.54) is 13.2 Å². The molecule has 0 bridgehead atoms. The maximum Gasteiger partial charge on any atom is 0.451 e. The number of aromatic nitrogens is 2. The molecule has 1 aromatic rings. The number of rotatable bonds is 4. The fourth-order valence-corrected chi connectivity index (χ4v) is 1.10. The number of halogens is 4. The largest absolute Gasteiger partial charge is 0.451 e. The summed E-state index contributed by atoms with van der Waals surface area (Å²) in [5, 5.41) is 2.38. The van der Waals surface area contributed by atoms with Gasteiger partial charge in [-0.25, -0.2) is 9.97 Å². The van der Waals surface area contributed by atoms with Gasteiger partial charge >= 0.3 is 6.18 Å². The van der Waals surface area contributed by atoms with Crippen molar-refractivity contribution >= 4 is 17.4 Å². The molecule has 0 fully saturated rings. The van der Waals surface area contributed by atoms with Gasteiger partial charge in [-0.05, 0) is 0 Å². The molecule has 0 aliphatic carbocycles. The van der Waals surface area contributed by atoms with Crippen molar-refractivity contribution < 1.29 is 17.9 Å². The molecule has 1 N–H and O–H groups in total. The molecule has 0 radical (unpaired) electrons. The Morgan fingerprint density at radius 3 is 2.69 bits per heavy atom. The second-order valence-corrected chi connectivity index (χ2v) is 3.20. The highest BCUT2D eigenvalue weighted by molar-refractivity contribution is 6.29. The molecule has 0 unspecified atom stereocenters. The Labute approximate surface area is 94.8 Å². The number of methoxy groups -OCH3 is 1. The van der Waals surface area contributed by atoms with Crippen LogP contribution in [0, 0.1) is 0 Å². The molecule has 0 amide bonds. The van der Waals surface area contributed by atoms with Gasteiger partial charge in [-0.1, -0.05) is 11.6 Å². The lowest BCUT2D eigenvalue weighted by Gasteiger charge is -2.09. The third-order valence-electron chi connectivity index (χ3n) is 1.56. The molecule has 1 aromatic heterocycles. The van der Waals surface area contributed by atoms with Gasteiger partial charge in [0.25, 0.3) is 0 Å². The summed E-state index contributed by atoms with van der Waals surface area (Å²) in [6, 6.07) is 1.21. The molecular weight excluding hydrogens is 247 g/mol. The average molecular weight is 256 g/mol. The number of hydrogen-bond donors (Lipinski definition) is 1. The molecule has 0 aliphatic heterocycles. The zero-order valence-corrected chi connectivity index (χ0v) is 9.06. The van der Waals surface area contributed by atoms with Gasteiger partial charge in [0, 0.05) is 19.7 Å². The normalized spacial score (nSPS) is 11.6. The Hall–Kier alpha value is -1.08. The molecule has 16 heavy (non-hydrogen) atoms. The van der Waals surface area contributed by atoms with Crippen LogP contribution in [0.3, 0.4) is 0 Å². The van der Waals surface area contributed by atoms with Crippen LogP contribution in [0.2, 0.25) is 5.15 Å². The number of ether oxygens (including phenoxy) is 1. The topological polar surface area (TPSA) is 47.0 Å². The molecule has 90 valence electrons. The van der Waals surface area contributed by atoms with E-state index in [2.05, 4.69) is 15.3 Å². The summed E-state index contributed by atoms with van der Waals surface area (Å²) in [5.74, 6) is -1.25. The predicted molar refractivity (Wildman–Crippen MR) is 52.4 cm³/mol. The highest BCUT2D eigenvalue weighted by Gasteiger charge is 2.35. The van der Waals surface area contributed by atoms with Gasteiger partial charge in [0.1, 0.15) is 11.0 Å². The molecule has 8 heteroatoms. The van der Waals surface area contributed by atoms with Crippen LogP contribution in [-0.4, -0.2) is 30.2 Å². The van der Waals surface area contributed by atoms with Gasteiger partial charge in [-0.3, -0.25) is 0 Å². The Kier molecular flexibility index (Phi) is 4.31. The monoisotopic (exact) mass is 255 g/mol. The van der Waals surface area contributed by atoms with Gasteiger partial charge in [0.15, 0.2) is 0 Å². The number of anilines is 1. The van der Waals surface area contributed by atoms with Crippen molar-refractivity contribution in [3.63, 3.8) is 0 Å². The number of hydrogen-bond acceptors (Lipinski definition) is 4. The summed E-state index contributed by atoms with van der Waals surface area (Å²) in [7, 11) is 1.48. The fourth-order valence-electron chi connectivity index (χ4n) is 0.916. The molecule has 1 rings (SSSR count). The van der Waals surface area contributed by atoms with E-state index in [1.54, 1.807) is 0 Å². The summed E-state index contributed by atoms with van der Waals surface area (Å²) in [4.78, 5) is 6.38. The van der Waals surface area contributed by atoms with E-state index in [0.29, 0.717) is 13.2 Å². The fraction of sp³-hybridized carbons (Fsp3) is 0.500. The molecule has 4 nitrogen and oxygen atoms in total. The molecule has 0 aliphatic rings. The second-order valence-electron chi connectivity index (χ2n) is 2.82. The van der Waals surface area contributed by atoms with Gasteiger partial charge in [-0.2, -0.15) is 13.2 Å². The Morgan fingerprint density at radius 2 is 2.12 bits per heavy atom. The molecule has 0 saturated heterocycles. The highest BCUT2D eigenvalue weighted by Crippen LogP contribution is 2.28. The van der Waals surface area contributed by atoms with E-state index < -0.39 is 12.0 Å². The van der Waals surface area contributed by atoms with Crippen molar-refractivity contribution in [3.8, 4) is 0 Å². The third kappa shape index (κ3) is 3.82. The van der Waals surface area contributed by atoms with Crippen LogP contribution in [-0.2, 0) is 10.9 Å². The first-order valence-electron chi connectivity index (χ1n) is 4.28. The van der Waals surface area contributed by atoms with Crippen LogP contribution in [0.25, 0.3) is 0 Å². The van der Waals surface area contributed by atoms with Crippen molar-refractivity contribution in [2.75, 3.05) is 25.6 Å². The average Bonchev–Trinajstić information content (AvgIpc) is 2.16. The summed E-state index contributed by atoms with van der Waals surface area (Å²) in [6.45, 7) is 0.685. The second kappa shape index (κ2) is 5.31. The quantitative estimate of drug-likeness (QED) is 0.662. The van der Waals surface area contributed by atoms with E-state index >= 15 is 0 Å². The van der Waals surface area contributed by atoms with E-state index in [-0.39, 0.29) is 11.0 Å². The van der Waals surface area contributed by atoms with E-state index in [1.807, 2.05) is 0 Å². The van der Waals surface area contributed by atoms with Crippen molar-refractivity contribution in [2.45, 2.75) is 6.18 Å². The lowest BCUT2D eigenvalue weighted by molar-refractivity contribution is -0.144. The number of nitrogens with one attached hydrogen (secondary N) is 1. The summed E-state index contributed by atoms with van der Waals surface area (Å²) in [5.41, 5.74) is 0. The van der Waals surface area contributed by atoms with E-state index in [4.69, 9.17) is 16.3 Å². The smallest absolute Gasteiger partial charge is 0.383 e. The zero-order chi connectivity index (χ0) is 12.2. The Balaban J connectivity index is 2.82. The first-order chi connectivity index (χ1) is 7.43.